The van der Waals surface area contributed by atoms with Gasteiger partial charge >= 0.3 is 0 Å². The van der Waals surface area contributed by atoms with E-state index in [9.17, 15) is 0 Å². The van der Waals surface area contributed by atoms with Crippen molar-refractivity contribution < 1.29 is 9.15 Å². The van der Waals surface area contributed by atoms with E-state index in [0.29, 0.717) is 19.8 Å². The van der Waals surface area contributed by atoms with Crippen LogP contribution in [0.25, 0.3) is 11.0 Å². The molecule has 2 rings (SSSR count). The Balaban J connectivity index is 2.13. The van der Waals surface area contributed by atoms with Gasteiger partial charge in [0, 0.05) is 16.5 Å². The summed E-state index contributed by atoms with van der Waals surface area (Å²) in [7, 11) is 4.11. The fraction of sp³-hybridized carbons (Fsp3) is 0.500. The van der Waals surface area contributed by atoms with E-state index in [-0.39, 0.29) is 5.54 Å². The van der Waals surface area contributed by atoms with Crippen molar-refractivity contribution in [1.82, 2.24) is 4.90 Å². The monoisotopic (exact) mass is 276 g/mol. The predicted molar refractivity (Wildman–Crippen MR) is 81.5 cm³/mol. The van der Waals surface area contributed by atoms with Gasteiger partial charge in [0.1, 0.15) is 11.3 Å². The van der Waals surface area contributed by atoms with Crippen LogP contribution < -0.4 is 5.73 Å². The van der Waals surface area contributed by atoms with E-state index in [0.717, 1.165) is 22.3 Å². The fourth-order valence-corrected chi connectivity index (χ4v) is 2.00. The minimum Gasteiger partial charge on any atom is -0.459 e. The summed E-state index contributed by atoms with van der Waals surface area (Å²) in [4.78, 5) is 2.16. The molecule has 2 N–H and O–H groups in total. The SMILES string of the molecule is CN(C)C(C)(C)COCc1c(CN)oc2ccccc12. The minimum atomic E-state index is 0.00240. The summed E-state index contributed by atoms with van der Waals surface area (Å²) in [6.45, 7) is 5.89. The van der Waals surface area contributed by atoms with Crippen molar-refractivity contribution in [3.63, 3.8) is 0 Å². The molecular weight excluding hydrogens is 252 g/mol. The Bertz CT molecular complexity index is 573. The van der Waals surface area contributed by atoms with Gasteiger partial charge in [0.2, 0.25) is 0 Å². The lowest BCUT2D eigenvalue weighted by Gasteiger charge is -2.32. The summed E-state index contributed by atoms with van der Waals surface area (Å²) in [5, 5.41) is 1.09. The second kappa shape index (κ2) is 5.95. The first-order valence-electron chi connectivity index (χ1n) is 6.90. The van der Waals surface area contributed by atoms with Crippen LogP contribution in [0.15, 0.2) is 28.7 Å². The topological polar surface area (TPSA) is 51.6 Å². The summed E-state index contributed by atoms with van der Waals surface area (Å²) in [5.41, 5.74) is 7.71. The Morgan fingerprint density at radius 3 is 2.60 bits per heavy atom. The molecule has 1 heterocycles. The zero-order chi connectivity index (χ0) is 14.8. The number of likely N-dealkylation sites (N-methyl/N-ethyl adjacent to an activating group) is 1. The molecule has 0 spiro atoms. The van der Waals surface area contributed by atoms with Crippen molar-refractivity contribution in [1.29, 1.82) is 0 Å². The summed E-state index contributed by atoms with van der Waals surface area (Å²) in [6.07, 6.45) is 0. The molecule has 0 unspecified atom stereocenters. The van der Waals surface area contributed by atoms with Crippen molar-refractivity contribution >= 4 is 11.0 Å². The van der Waals surface area contributed by atoms with Crippen LogP contribution in [0.2, 0.25) is 0 Å². The Labute approximate surface area is 120 Å². The molecule has 4 nitrogen and oxygen atoms in total. The van der Waals surface area contributed by atoms with Crippen LogP contribution in [0.4, 0.5) is 0 Å². The third-order valence-electron chi connectivity index (χ3n) is 3.88. The third kappa shape index (κ3) is 3.03. The van der Waals surface area contributed by atoms with Crippen molar-refractivity contribution in [3.8, 4) is 0 Å². The van der Waals surface area contributed by atoms with Gasteiger partial charge in [-0.1, -0.05) is 18.2 Å². The maximum atomic E-state index is 5.90. The fourth-order valence-electron chi connectivity index (χ4n) is 2.00. The first-order valence-corrected chi connectivity index (χ1v) is 6.90. The van der Waals surface area contributed by atoms with Crippen LogP contribution in [-0.4, -0.2) is 31.1 Å². The van der Waals surface area contributed by atoms with E-state index in [4.69, 9.17) is 14.9 Å². The normalized spacial score (nSPS) is 12.5. The van der Waals surface area contributed by atoms with Crippen LogP contribution >= 0.6 is 0 Å². The molecule has 4 heteroatoms. The van der Waals surface area contributed by atoms with Crippen molar-refractivity contribution in [3.05, 3.63) is 35.6 Å². The number of furan rings is 1. The Morgan fingerprint density at radius 1 is 1.25 bits per heavy atom. The highest BCUT2D eigenvalue weighted by molar-refractivity contribution is 5.82. The lowest BCUT2D eigenvalue weighted by Crippen LogP contribution is -2.42. The van der Waals surface area contributed by atoms with E-state index in [1.165, 1.54) is 0 Å². The maximum Gasteiger partial charge on any atom is 0.134 e. The number of nitrogens with two attached hydrogens (primary N) is 1. The zero-order valence-corrected chi connectivity index (χ0v) is 12.8. The van der Waals surface area contributed by atoms with Crippen LogP contribution in [0.5, 0.6) is 0 Å². The van der Waals surface area contributed by atoms with Crippen LogP contribution in [0.1, 0.15) is 25.2 Å². The highest BCUT2D eigenvalue weighted by atomic mass is 16.5. The van der Waals surface area contributed by atoms with Gasteiger partial charge in [-0.15, -0.1) is 0 Å². The molecule has 0 radical (unpaired) electrons. The van der Waals surface area contributed by atoms with Crippen LogP contribution in [0, 0.1) is 0 Å². The van der Waals surface area contributed by atoms with Gasteiger partial charge < -0.3 is 19.8 Å². The summed E-state index contributed by atoms with van der Waals surface area (Å²) in [6, 6.07) is 7.98. The molecule has 0 atom stereocenters. The number of para-hydroxylation sites is 1. The molecule has 0 fully saturated rings. The maximum absolute atomic E-state index is 5.90. The van der Waals surface area contributed by atoms with Crippen molar-refractivity contribution in [2.45, 2.75) is 32.5 Å². The van der Waals surface area contributed by atoms with E-state index >= 15 is 0 Å². The van der Waals surface area contributed by atoms with Crippen molar-refractivity contribution in [2.24, 2.45) is 5.73 Å². The summed E-state index contributed by atoms with van der Waals surface area (Å²) >= 11 is 0. The average Bonchev–Trinajstić information content (AvgIpc) is 2.77. The van der Waals surface area contributed by atoms with E-state index < -0.39 is 0 Å². The first-order chi connectivity index (χ1) is 9.45. The Hall–Kier alpha value is -1.36. The molecule has 0 bridgehead atoms. The molecule has 110 valence electrons. The Morgan fingerprint density at radius 2 is 1.95 bits per heavy atom. The number of fused-ring (bicyclic) bond motifs is 1. The van der Waals surface area contributed by atoms with Gasteiger partial charge in [-0.2, -0.15) is 0 Å². The van der Waals surface area contributed by atoms with Crippen LogP contribution in [0.3, 0.4) is 0 Å². The summed E-state index contributed by atoms with van der Waals surface area (Å²) < 4.78 is 11.7. The lowest BCUT2D eigenvalue weighted by molar-refractivity contribution is 0.0273. The molecule has 20 heavy (non-hydrogen) atoms. The summed E-state index contributed by atoms with van der Waals surface area (Å²) in [5.74, 6) is 0.814. The molecule has 0 aliphatic rings. The van der Waals surface area contributed by atoms with Crippen LogP contribution in [-0.2, 0) is 17.9 Å². The minimum absolute atomic E-state index is 0.00240. The van der Waals surface area contributed by atoms with Gasteiger partial charge in [-0.3, -0.25) is 0 Å². The molecule has 1 aromatic carbocycles. The smallest absolute Gasteiger partial charge is 0.134 e. The van der Waals surface area contributed by atoms with Gasteiger partial charge in [-0.05, 0) is 34.0 Å². The van der Waals surface area contributed by atoms with E-state index in [1.807, 2.05) is 24.3 Å². The molecule has 0 saturated heterocycles. The average molecular weight is 276 g/mol. The molecule has 0 aliphatic heterocycles. The third-order valence-corrected chi connectivity index (χ3v) is 3.88. The number of hydrogen-bond donors (Lipinski definition) is 1. The van der Waals surface area contributed by atoms with Gasteiger partial charge in [0.25, 0.3) is 0 Å². The highest BCUT2D eigenvalue weighted by Crippen LogP contribution is 2.26. The standard InChI is InChI=1S/C16H24N2O2/c1-16(2,18(3)4)11-19-10-13-12-7-5-6-8-14(12)20-15(13)9-17/h5-8H,9-11,17H2,1-4H3. The van der Waals surface area contributed by atoms with Gasteiger partial charge in [0.15, 0.2) is 0 Å². The number of nitrogens with zero attached hydrogens (tertiary/aromatic N) is 1. The molecule has 2 aromatic rings. The molecular formula is C16H24N2O2. The van der Waals surface area contributed by atoms with Gasteiger partial charge in [-0.25, -0.2) is 0 Å². The predicted octanol–water partition coefficient (Wildman–Crippen LogP) is 2.75. The van der Waals surface area contributed by atoms with Crippen molar-refractivity contribution in [2.75, 3.05) is 20.7 Å². The lowest BCUT2D eigenvalue weighted by atomic mass is 10.1. The highest BCUT2D eigenvalue weighted by Gasteiger charge is 2.21. The molecule has 0 amide bonds. The number of rotatable bonds is 6. The molecule has 0 aliphatic carbocycles. The number of benzene rings is 1. The van der Waals surface area contributed by atoms with E-state index in [1.54, 1.807) is 0 Å². The second-order valence-electron chi connectivity index (χ2n) is 5.90. The first kappa shape index (κ1) is 15.0. The number of hydrogen-bond acceptors (Lipinski definition) is 4. The van der Waals surface area contributed by atoms with Gasteiger partial charge in [0.05, 0.1) is 19.8 Å². The largest absolute Gasteiger partial charge is 0.459 e. The quantitative estimate of drug-likeness (QED) is 0.881. The zero-order valence-electron chi connectivity index (χ0n) is 12.8. The molecule has 0 saturated carbocycles. The number of ether oxygens (including phenoxy) is 1. The van der Waals surface area contributed by atoms with E-state index in [2.05, 4.69) is 32.8 Å². The Kier molecular flexibility index (Phi) is 4.48. The molecule has 1 aromatic heterocycles. The second-order valence-corrected chi connectivity index (χ2v) is 5.90.